The van der Waals surface area contributed by atoms with Crippen LogP contribution in [-0.4, -0.2) is 69.9 Å². The van der Waals surface area contributed by atoms with Crippen LogP contribution in [-0.2, 0) is 20.6 Å². The summed E-state index contributed by atoms with van der Waals surface area (Å²) in [7, 11) is -1.95. The van der Waals surface area contributed by atoms with Crippen molar-refractivity contribution in [3.63, 3.8) is 0 Å². The number of nitrogens with zero attached hydrogens (tertiary/aromatic N) is 3. The number of piperazine rings is 1. The van der Waals surface area contributed by atoms with Crippen molar-refractivity contribution in [3.8, 4) is 5.75 Å². The first-order valence-electron chi connectivity index (χ1n) is 11.4. The number of halogens is 2. The summed E-state index contributed by atoms with van der Waals surface area (Å²) in [6.07, 6.45) is 1.35. The summed E-state index contributed by atoms with van der Waals surface area (Å²) in [6.45, 7) is 3.23. The van der Waals surface area contributed by atoms with Crippen LogP contribution in [0.1, 0.15) is 18.4 Å². The fraction of sp³-hybridized carbons (Fsp3) is 0.458. The van der Waals surface area contributed by atoms with Gasteiger partial charge in [0.05, 0.1) is 24.5 Å². The van der Waals surface area contributed by atoms with Gasteiger partial charge in [0.1, 0.15) is 5.75 Å². The van der Waals surface area contributed by atoms with E-state index in [1.54, 1.807) is 25.3 Å². The van der Waals surface area contributed by atoms with Crippen molar-refractivity contribution in [2.45, 2.75) is 18.6 Å². The van der Waals surface area contributed by atoms with Gasteiger partial charge in [-0.15, -0.1) is 0 Å². The highest BCUT2D eigenvalue weighted by molar-refractivity contribution is 7.88. The molecule has 184 valence electrons. The SMILES string of the molecule is COc1ccccc1N1CCN(C(=O)[C@H]2CCCN(S(=O)(=O)Cc3ccc(Cl)cc3Cl)C2)CC1. The molecule has 0 spiro atoms. The fourth-order valence-electron chi connectivity index (χ4n) is 4.64. The maximum atomic E-state index is 13.3. The molecule has 0 radical (unpaired) electrons. The highest BCUT2D eigenvalue weighted by Gasteiger charge is 2.35. The zero-order valence-electron chi connectivity index (χ0n) is 19.1. The topological polar surface area (TPSA) is 70.2 Å². The molecule has 4 rings (SSSR count). The Morgan fingerprint density at radius 3 is 2.50 bits per heavy atom. The van der Waals surface area contributed by atoms with Crippen LogP contribution in [0.2, 0.25) is 10.0 Å². The molecule has 0 unspecified atom stereocenters. The lowest BCUT2D eigenvalue weighted by atomic mass is 9.97. The average Bonchev–Trinajstić information content (AvgIpc) is 2.85. The van der Waals surface area contributed by atoms with Gasteiger partial charge in [-0.2, -0.15) is 0 Å². The van der Waals surface area contributed by atoms with Gasteiger partial charge in [0, 0.05) is 49.3 Å². The Bertz CT molecular complexity index is 1140. The molecule has 10 heteroatoms. The lowest BCUT2D eigenvalue weighted by Gasteiger charge is -2.39. The van der Waals surface area contributed by atoms with Crippen LogP contribution in [0.25, 0.3) is 0 Å². The molecule has 2 aliphatic heterocycles. The molecule has 2 aliphatic rings. The standard InChI is InChI=1S/C24H29Cl2N3O4S/c1-33-23-7-3-2-6-22(23)27-11-13-28(14-12-27)24(30)18-5-4-10-29(16-18)34(31,32)17-19-8-9-20(25)15-21(19)26/h2-3,6-9,15,18H,4-5,10-14,16-17H2,1H3/t18-/m0/s1. The third-order valence-corrected chi connectivity index (χ3v) is 8.88. The van der Waals surface area contributed by atoms with Gasteiger partial charge in [-0.05, 0) is 42.7 Å². The average molecular weight is 526 g/mol. The monoisotopic (exact) mass is 525 g/mol. The lowest BCUT2D eigenvalue weighted by Crippen LogP contribution is -2.53. The number of hydrogen-bond acceptors (Lipinski definition) is 5. The number of carbonyl (C=O) groups is 1. The molecule has 2 saturated heterocycles. The largest absolute Gasteiger partial charge is 0.495 e. The van der Waals surface area contributed by atoms with Gasteiger partial charge >= 0.3 is 0 Å². The van der Waals surface area contributed by atoms with E-state index in [0.717, 1.165) is 11.4 Å². The molecule has 1 amide bonds. The molecule has 0 aromatic heterocycles. The number of amides is 1. The summed E-state index contributed by atoms with van der Waals surface area (Å²) in [4.78, 5) is 17.3. The van der Waals surface area contributed by atoms with E-state index < -0.39 is 10.0 Å². The Morgan fingerprint density at radius 2 is 1.79 bits per heavy atom. The minimum Gasteiger partial charge on any atom is -0.495 e. The normalized spacial score (nSPS) is 19.8. The molecule has 34 heavy (non-hydrogen) atoms. The number of anilines is 1. The highest BCUT2D eigenvalue weighted by Crippen LogP contribution is 2.30. The van der Waals surface area contributed by atoms with Crippen molar-refractivity contribution in [2.75, 3.05) is 51.3 Å². The molecule has 7 nitrogen and oxygen atoms in total. The molecule has 2 fully saturated rings. The first kappa shape index (κ1) is 25.1. The van der Waals surface area contributed by atoms with Gasteiger partial charge in [-0.1, -0.05) is 41.4 Å². The smallest absolute Gasteiger partial charge is 0.227 e. The van der Waals surface area contributed by atoms with Gasteiger partial charge in [-0.25, -0.2) is 12.7 Å². The van der Waals surface area contributed by atoms with Crippen LogP contribution >= 0.6 is 23.2 Å². The summed E-state index contributed by atoms with van der Waals surface area (Å²) in [5.74, 6) is 0.309. The van der Waals surface area contributed by atoms with Gasteiger partial charge < -0.3 is 14.5 Å². The third kappa shape index (κ3) is 5.62. The zero-order valence-corrected chi connectivity index (χ0v) is 21.4. The van der Waals surface area contributed by atoms with Gasteiger partial charge in [0.25, 0.3) is 0 Å². The van der Waals surface area contributed by atoms with Crippen molar-refractivity contribution in [1.29, 1.82) is 0 Å². The van der Waals surface area contributed by atoms with Crippen LogP contribution in [0.5, 0.6) is 5.75 Å². The number of ether oxygens (including phenoxy) is 1. The zero-order chi connectivity index (χ0) is 24.3. The van der Waals surface area contributed by atoms with Crippen molar-refractivity contribution in [3.05, 3.63) is 58.1 Å². The van der Waals surface area contributed by atoms with E-state index in [-0.39, 0.29) is 24.1 Å². The van der Waals surface area contributed by atoms with Crippen molar-refractivity contribution in [2.24, 2.45) is 5.92 Å². The van der Waals surface area contributed by atoms with Crippen LogP contribution < -0.4 is 9.64 Å². The predicted octanol–water partition coefficient (Wildman–Crippen LogP) is 3.89. The Kier molecular flexibility index (Phi) is 7.92. The highest BCUT2D eigenvalue weighted by atomic mass is 35.5. The summed E-state index contributed by atoms with van der Waals surface area (Å²) in [6, 6.07) is 12.7. The quantitative estimate of drug-likeness (QED) is 0.572. The predicted molar refractivity (Wildman–Crippen MR) is 135 cm³/mol. The minimum atomic E-state index is -3.61. The number of piperidine rings is 1. The molecule has 1 atom stereocenters. The van der Waals surface area contributed by atoms with Crippen LogP contribution in [0.4, 0.5) is 5.69 Å². The molecule has 0 saturated carbocycles. The molecule has 0 bridgehead atoms. The Hall–Kier alpha value is -2.00. The van der Waals surface area contributed by atoms with Crippen molar-refractivity contribution in [1.82, 2.24) is 9.21 Å². The van der Waals surface area contributed by atoms with Crippen LogP contribution in [0, 0.1) is 5.92 Å². The lowest BCUT2D eigenvalue weighted by molar-refractivity contribution is -0.137. The maximum absolute atomic E-state index is 13.3. The Labute approximate surface area is 211 Å². The molecule has 0 N–H and O–H groups in total. The van der Waals surface area contributed by atoms with E-state index >= 15 is 0 Å². The van der Waals surface area contributed by atoms with Crippen molar-refractivity contribution < 1.29 is 17.9 Å². The van der Waals surface area contributed by atoms with Gasteiger partial charge in [0.2, 0.25) is 15.9 Å². The van der Waals surface area contributed by atoms with E-state index in [0.29, 0.717) is 61.2 Å². The third-order valence-electron chi connectivity index (χ3n) is 6.50. The van der Waals surface area contributed by atoms with E-state index in [1.165, 1.54) is 4.31 Å². The number of rotatable bonds is 6. The Balaban J connectivity index is 1.37. The van der Waals surface area contributed by atoms with E-state index in [2.05, 4.69) is 4.90 Å². The number of methoxy groups -OCH3 is 1. The van der Waals surface area contributed by atoms with E-state index in [9.17, 15) is 13.2 Å². The number of para-hydroxylation sites is 2. The fourth-order valence-corrected chi connectivity index (χ4v) is 6.84. The molecular weight excluding hydrogens is 497 g/mol. The van der Waals surface area contributed by atoms with Crippen LogP contribution in [0.3, 0.4) is 0 Å². The van der Waals surface area contributed by atoms with Gasteiger partial charge in [-0.3, -0.25) is 4.79 Å². The minimum absolute atomic E-state index is 0.0316. The second-order valence-corrected chi connectivity index (χ2v) is 11.5. The molecule has 2 aromatic carbocycles. The molecule has 0 aliphatic carbocycles. The summed E-state index contributed by atoms with van der Waals surface area (Å²) in [5.41, 5.74) is 1.53. The maximum Gasteiger partial charge on any atom is 0.227 e. The number of carbonyl (C=O) groups excluding carboxylic acids is 1. The second kappa shape index (κ2) is 10.7. The summed E-state index contributed by atoms with van der Waals surface area (Å²) < 4.78 is 33.1. The molecule has 2 aromatic rings. The van der Waals surface area contributed by atoms with Crippen molar-refractivity contribution >= 4 is 44.8 Å². The Morgan fingerprint density at radius 1 is 1.06 bits per heavy atom. The summed E-state index contributed by atoms with van der Waals surface area (Å²) >= 11 is 12.1. The summed E-state index contributed by atoms with van der Waals surface area (Å²) in [5, 5.41) is 0.786. The van der Waals surface area contributed by atoms with E-state index in [1.807, 2.05) is 29.2 Å². The molecule has 2 heterocycles. The number of hydrogen-bond donors (Lipinski definition) is 0. The number of benzene rings is 2. The second-order valence-electron chi connectivity index (χ2n) is 8.67. The first-order valence-corrected chi connectivity index (χ1v) is 13.7. The van der Waals surface area contributed by atoms with Gasteiger partial charge in [0.15, 0.2) is 0 Å². The van der Waals surface area contributed by atoms with E-state index in [4.69, 9.17) is 27.9 Å². The van der Waals surface area contributed by atoms with Crippen LogP contribution in [0.15, 0.2) is 42.5 Å². The molecular formula is C24H29Cl2N3O4S. The number of sulfonamides is 1. The first-order chi connectivity index (χ1) is 16.3.